The molecule has 2 aliphatic rings. The third-order valence-corrected chi connectivity index (χ3v) is 5.97. The van der Waals surface area contributed by atoms with Crippen LogP contribution in [-0.2, 0) is 14.3 Å². The third kappa shape index (κ3) is 2.23. The number of methoxy groups -OCH3 is 1. The molecule has 0 amide bonds. The normalized spacial score (nSPS) is 30.7. The average molecular weight is 302 g/mol. The minimum absolute atomic E-state index is 0.187. The number of fused-ring (bicyclic) bond motifs is 1. The largest absolute Gasteiger partial charge is 0.497 e. The second-order valence-electron chi connectivity index (χ2n) is 4.49. The first-order chi connectivity index (χ1) is 9.04. The minimum Gasteiger partial charge on any atom is -0.497 e. The first kappa shape index (κ1) is 13.2. The predicted molar refractivity (Wildman–Crippen MR) is 70.7 cm³/mol. The van der Waals surface area contributed by atoms with Gasteiger partial charge in [-0.2, -0.15) is 4.28 Å². The van der Waals surface area contributed by atoms with Crippen LogP contribution >= 0.6 is 12.2 Å². The molecule has 0 bridgehead atoms. The maximum absolute atomic E-state index is 12.5. The molecule has 2 aliphatic heterocycles. The van der Waals surface area contributed by atoms with Gasteiger partial charge < -0.3 is 4.74 Å². The molecule has 0 aromatic heterocycles. The van der Waals surface area contributed by atoms with E-state index in [1.54, 1.807) is 12.1 Å². The van der Waals surface area contributed by atoms with Gasteiger partial charge in [0.05, 0.1) is 24.1 Å². The van der Waals surface area contributed by atoms with Gasteiger partial charge in [-0.05, 0) is 31.2 Å². The number of benzene rings is 1. The molecule has 0 radical (unpaired) electrons. The molecular weight excluding hydrogens is 288 g/mol. The topological polar surface area (TPSA) is 58.9 Å². The average Bonchev–Trinajstić information content (AvgIpc) is 3.19. The lowest BCUT2D eigenvalue weighted by atomic mass is 10.3. The van der Waals surface area contributed by atoms with E-state index in [9.17, 15) is 8.42 Å². The lowest BCUT2D eigenvalue weighted by Crippen LogP contribution is -2.43. The van der Waals surface area contributed by atoms with Gasteiger partial charge in [-0.25, -0.2) is 12.7 Å². The Morgan fingerprint density at radius 3 is 2.68 bits per heavy atom. The second-order valence-corrected chi connectivity index (χ2v) is 7.04. The molecule has 2 unspecified atom stereocenters. The molecule has 0 aliphatic carbocycles. The molecule has 19 heavy (non-hydrogen) atoms. The van der Waals surface area contributed by atoms with E-state index in [0.29, 0.717) is 5.75 Å². The van der Waals surface area contributed by atoms with E-state index in [1.807, 2.05) is 11.2 Å². The van der Waals surface area contributed by atoms with Crippen LogP contribution in [0.4, 0.5) is 0 Å². The van der Waals surface area contributed by atoms with Gasteiger partial charge in [0, 0.05) is 6.54 Å². The highest BCUT2D eigenvalue weighted by Crippen LogP contribution is 2.41. The smallest absolute Gasteiger partial charge is 0.266 e. The maximum Gasteiger partial charge on any atom is 0.266 e. The number of hydroxylamine groups is 1. The standard InChI is InChI=1S/C11H14N2O4S2/c1-8-11-7-12(11)18-17-13(8)19(14,15)10-5-3-9(16-2)4-6-10/h3-6,8,11H,7H2,1-2H3/t8?,11-,12?/m1/s1. The van der Waals surface area contributed by atoms with Crippen LogP contribution in [0.25, 0.3) is 0 Å². The Morgan fingerprint density at radius 1 is 1.37 bits per heavy atom. The van der Waals surface area contributed by atoms with Crippen LogP contribution in [0.3, 0.4) is 0 Å². The molecule has 0 saturated carbocycles. The van der Waals surface area contributed by atoms with Crippen LogP contribution in [0.5, 0.6) is 5.75 Å². The second kappa shape index (κ2) is 4.64. The van der Waals surface area contributed by atoms with Gasteiger partial charge >= 0.3 is 0 Å². The number of ether oxygens (including phenoxy) is 1. The van der Waals surface area contributed by atoms with Crippen molar-refractivity contribution in [3.8, 4) is 5.75 Å². The van der Waals surface area contributed by atoms with E-state index in [4.69, 9.17) is 9.02 Å². The Balaban J connectivity index is 1.88. The summed E-state index contributed by atoms with van der Waals surface area (Å²) in [6.45, 7) is 2.71. The highest BCUT2D eigenvalue weighted by molar-refractivity contribution is 7.94. The molecule has 104 valence electrons. The number of sulfonamides is 1. The molecule has 0 spiro atoms. The molecule has 3 rings (SSSR count). The van der Waals surface area contributed by atoms with E-state index in [-0.39, 0.29) is 17.0 Å². The minimum atomic E-state index is -3.63. The summed E-state index contributed by atoms with van der Waals surface area (Å²) in [6.07, 6.45) is 0. The van der Waals surface area contributed by atoms with E-state index < -0.39 is 10.0 Å². The number of hydrogen-bond donors (Lipinski definition) is 0. The van der Waals surface area contributed by atoms with Gasteiger partial charge in [-0.1, -0.05) is 4.47 Å². The van der Waals surface area contributed by atoms with Crippen molar-refractivity contribution >= 4 is 22.3 Å². The van der Waals surface area contributed by atoms with Crippen molar-refractivity contribution in [2.45, 2.75) is 23.9 Å². The van der Waals surface area contributed by atoms with Crippen LogP contribution in [0, 0.1) is 0 Å². The Morgan fingerprint density at radius 2 is 2.05 bits per heavy atom. The molecule has 3 atom stereocenters. The monoisotopic (exact) mass is 302 g/mol. The van der Waals surface area contributed by atoms with Gasteiger partial charge in [-0.3, -0.25) is 0 Å². The zero-order valence-electron chi connectivity index (χ0n) is 10.5. The molecule has 2 saturated heterocycles. The molecule has 1 aromatic carbocycles. The molecule has 2 heterocycles. The van der Waals surface area contributed by atoms with Crippen molar-refractivity contribution in [2.24, 2.45) is 0 Å². The zero-order valence-corrected chi connectivity index (χ0v) is 12.1. The first-order valence-corrected chi connectivity index (χ1v) is 7.98. The van der Waals surface area contributed by atoms with Gasteiger partial charge in [0.25, 0.3) is 10.0 Å². The summed E-state index contributed by atoms with van der Waals surface area (Å²) in [4.78, 5) is 0.204. The molecule has 6 nitrogen and oxygen atoms in total. The van der Waals surface area contributed by atoms with Crippen molar-refractivity contribution in [3.05, 3.63) is 24.3 Å². The van der Waals surface area contributed by atoms with E-state index >= 15 is 0 Å². The maximum atomic E-state index is 12.5. The Kier molecular flexibility index (Phi) is 3.22. The first-order valence-electron chi connectivity index (χ1n) is 5.84. The SMILES string of the molecule is COc1ccc(S(=O)(=O)N2OSN3C[C@@H]3C2C)cc1. The van der Waals surface area contributed by atoms with Crippen molar-refractivity contribution in [1.82, 2.24) is 8.77 Å². The molecule has 1 aromatic rings. The summed E-state index contributed by atoms with van der Waals surface area (Å²) in [6, 6.07) is 6.35. The summed E-state index contributed by atoms with van der Waals surface area (Å²) in [5, 5.41) is 0. The predicted octanol–water partition coefficient (Wildman–Crippen LogP) is 1.27. The Hall–Kier alpha value is -0.800. The van der Waals surface area contributed by atoms with Gasteiger partial charge in [0.15, 0.2) is 0 Å². The summed E-state index contributed by atoms with van der Waals surface area (Å²) in [5.41, 5.74) is 0. The van der Waals surface area contributed by atoms with Crippen molar-refractivity contribution in [3.63, 3.8) is 0 Å². The van der Waals surface area contributed by atoms with E-state index in [1.165, 1.54) is 19.2 Å². The van der Waals surface area contributed by atoms with Crippen molar-refractivity contribution in [2.75, 3.05) is 13.7 Å². The van der Waals surface area contributed by atoms with Crippen molar-refractivity contribution < 1.29 is 17.4 Å². The van der Waals surface area contributed by atoms with Gasteiger partial charge in [0.2, 0.25) is 0 Å². The highest BCUT2D eigenvalue weighted by Gasteiger charge is 2.51. The summed E-state index contributed by atoms with van der Waals surface area (Å²) >= 11 is 1.09. The van der Waals surface area contributed by atoms with Crippen LogP contribution in [-0.4, -0.2) is 42.9 Å². The summed E-state index contributed by atoms with van der Waals surface area (Å²) in [5.74, 6) is 0.620. The van der Waals surface area contributed by atoms with Crippen LogP contribution < -0.4 is 4.74 Å². The summed E-state index contributed by atoms with van der Waals surface area (Å²) < 4.78 is 38.4. The number of hydrogen-bond acceptors (Lipinski definition) is 6. The third-order valence-electron chi connectivity index (χ3n) is 3.29. The zero-order chi connectivity index (χ0) is 13.6. The molecule has 2 fully saturated rings. The quantitative estimate of drug-likeness (QED) is 0.476. The number of nitrogens with zero attached hydrogens (tertiary/aromatic N) is 2. The fourth-order valence-corrected chi connectivity index (χ4v) is 4.47. The van der Waals surface area contributed by atoms with Gasteiger partial charge in [0.1, 0.15) is 18.0 Å². The van der Waals surface area contributed by atoms with Crippen LogP contribution in [0.15, 0.2) is 29.2 Å². The van der Waals surface area contributed by atoms with E-state index in [0.717, 1.165) is 23.2 Å². The molecule has 8 heteroatoms. The lowest BCUT2D eigenvalue weighted by molar-refractivity contribution is 0.00747. The van der Waals surface area contributed by atoms with E-state index in [2.05, 4.69) is 0 Å². The lowest BCUT2D eigenvalue weighted by Gasteiger charge is -2.29. The molecular formula is C11H14N2O4S2. The molecule has 0 N–H and O–H groups in total. The number of rotatable bonds is 3. The Bertz CT molecular complexity index is 575. The highest BCUT2D eigenvalue weighted by atomic mass is 32.2. The van der Waals surface area contributed by atoms with Gasteiger partial charge in [-0.15, -0.1) is 0 Å². The van der Waals surface area contributed by atoms with Crippen LogP contribution in [0.1, 0.15) is 6.92 Å². The Labute approximate surface area is 116 Å². The summed E-state index contributed by atoms with van der Waals surface area (Å²) in [7, 11) is -2.10. The van der Waals surface area contributed by atoms with Crippen molar-refractivity contribution in [1.29, 1.82) is 0 Å². The fourth-order valence-electron chi connectivity index (χ4n) is 2.01. The van der Waals surface area contributed by atoms with Crippen LogP contribution in [0.2, 0.25) is 0 Å². The fraction of sp³-hybridized carbons (Fsp3) is 0.455.